The van der Waals surface area contributed by atoms with Gasteiger partial charge in [-0.15, -0.1) is 0 Å². The highest BCUT2D eigenvalue weighted by Crippen LogP contribution is 2.28. The number of nitrogens with one attached hydrogen (secondary N) is 1. The molecule has 0 amide bonds. The summed E-state index contributed by atoms with van der Waals surface area (Å²) in [5.74, 6) is 1.44. The van der Waals surface area contributed by atoms with Crippen LogP contribution >= 0.6 is 12.2 Å². The van der Waals surface area contributed by atoms with Crippen LogP contribution in [0.2, 0.25) is 0 Å². The Morgan fingerprint density at radius 1 is 1.45 bits per heavy atom. The molecule has 110 valence electrons. The minimum Gasteiger partial charge on any atom is -0.493 e. The van der Waals surface area contributed by atoms with Gasteiger partial charge in [-0.3, -0.25) is 0 Å². The molecule has 0 bridgehead atoms. The van der Waals surface area contributed by atoms with Gasteiger partial charge in [-0.2, -0.15) is 0 Å². The van der Waals surface area contributed by atoms with Gasteiger partial charge in [-0.1, -0.05) is 12.2 Å². The summed E-state index contributed by atoms with van der Waals surface area (Å²) in [5, 5.41) is 3.25. The molecule has 20 heavy (non-hydrogen) atoms. The van der Waals surface area contributed by atoms with E-state index in [2.05, 4.69) is 5.32 Å². The van der Waals surface area contributed by atoms with Crippen molar-refractivity contribution in [2.45, 2.75) is 25.9 Å². The lowest BCUT2D eigenvalue weighted by atomic mass is 10.2. The fraction of sp³-hybridized carbons (Fsp3) is 0.533. The first-order valence-electron chi connectivity index (χ1n) is 6.95. The van der Waals surface area contributed by atoms with E-state index >= 15 is 0 Å². The van der Waals surface area contributed by atoms with Crippen LogP contribution in [0.5, 0.6) is 11.5 Å². The maximum atomic E-state index is 5.57. The lowest BCUT2D eigenvalue weighted by molar-refractivity contribution is 0.114. The fourth-order valence-corrected chi connectivity index (χ4v) is 2.41. The molecule has 1 fully saturated rings. The lowest BCUT2D eigenvalue weighted by Gasteiger charge is -2.14. The Labute approximate surface area is 125 Å². The van der Waals surface area contributed by atoms with Crippen molar-refractivity contribution < 1.29 is 14.2 Å². The Morgan fingerprint density at radius 2 is 2.30 bits per heavy atom. The summed E-state index contributed by atoms with van der Waals surface area (Å²) in [6, 6.07) is 5.73. The highest BCUT2D eigenvalue weighted by Gasteiger charge is 2.16. The van der Waals surface area contributed by atoms with E-state index in [0.29, 0.717) is 17.3 Å². The van der Waals surface area contributed by atoms with Crippen LogP contribution < -0.4 is 14.8 Å². The van der Waals surface area contributed by atoms with Crippen LogP contribution in [-0.4, -0.2) is 38.0 Å². The summed E-state index contributed by atoms with van der Waals surface area (Å²) in [4.78, 5) is 0.710. The monoisotopic (exact) mass is 295 g/mol. The van der Waals surface area contributed by atoms with E-state index < -0.39 is 0 Å². The molecule has 1 N–H and O–H groups in total. The predicted octanol–water partition coefficient (Wildman–Crippen LogP) is 2.54. The Bertz CT molecular complexity index is 458. The van der Waals surface area contributed by atoms with Gasteiger partial charge in [0.1, 0.15) is 4.99 Å². The Hall–Kier alpha value is -1.33. The third-order valence-electron chi connectivity index (χ3n) is 3.24. The van der Waals surface area contributed by atoms with Crippen LogP contribution in [0.1, 0.15) is 25.3 Å². The third kappa shape index (κ3) is 3.84. The normalized spacial score (nSPS) is 17.8. The quantitative estimate of drug-likeness (QED) is 0.817. The molecular weight excluding hydrogens is 274 g/mol. The van der Waals surface area contributed by atoms with Crippen LogP contribution in [0, 0.1) is 0 Å². The molecule has 5 heteroatoms. The summed E-state index contributed by atoms with van der Waals surface area (Å²) in [6.45, 7) is 4.17. The number of thiocarbonyl (C=S) groups is 1. The summed E-state index contributed by atoms with van der Waals surface area (Å²) in [6.07, 6.45) is 2.51. The molecule has 1 aliphatic heterocycles. The molecule has 0 aromatic heterocycles. The minimum absolute atomic E-state index is 0.276. The van der Waals surface area contributed by atoms with Gasteiger partial charge in [-0.25, -0.2) is 0 Å². The average Bonchev–Trinajstić information content (AvgIpc) is 2.98. The average molecular weight is 295 g/mol. The maximum absolute atomic E-state index is 5.57. The van der Waals surface area contributed by atoms with Crippen LogP contribution in [-0.2, 0) is 4.74 Å². The van der Waals surface area contributed by atoms with Gasteiger partial charge in [-0.05, 0) is 38.0 Å². The van der Waals surface area contributed by atoms with Crippen LogP contribution in [0.25, 0.3) is 0 Å². The number of benzene rings is 1. The van der Waals surface area contributed by atoms with E-state index in [1.807, 2.05) is 25.1 Å². The summed E-state index contributed by atoms with van der Waals surface area (Å²) >= 11 is 5.41. The summed E-state index contributed by atoms with van der Waals surface area (Å²) in [7, 11) is 1.63. The largest absolute Gasteiger partial charge is 0.493 e. The van der Waals surface area contributed by atoms with E-state index in [0.717, 1.165) is 37.3 Å². The van der Waals surface area contributed by atoms with E-state index in [1.165, 1.54) is 0 Å². The molecule has 1 heterocycles. The van der Waals surface area contributed by atoms with E-state index in [9.17, 15) is 0 Å². The van der Waals surface area contributed by atoms with Crippen LogP contribution in [0.15, 0.2) is 18.2 Å². The number of hydrogen-bond acceptors (Lipinski definition) is 4. The van der Waals surface area contributed by atoms with Crippen LogP contribution in [0.4, 0.5) is 0 Å². The molecule has 1 aromatic carbocycles. The van der Waals surface area contributed by atoms with Crippen LogP contribution in [0.3, 0.4) is 0 Å². The first-order chi connectivity index (χ1) is 9.74. The van der Waals surface area contributed by atoms with Gasteiger partial charge in [0.25, 0.3) is 0 Å². The molecule has 1 aromatic rings. The second kappa shape index (κ2) is 7.45. The Balaban J connectivity index is 1.98. The van der Waals surface area contributed by atoms with Gasteiger partial charge in [0, 0.05) is 18.7 Å². The third-order valence-corrected chi connectivity index (χ3v) is 3.62. The van der Waals surface area contributed by atoms with Crippen molar-refractivity contribution in [2.75, 3.05) is 26.9 Å². The van der Waals surface area contributed by atoms with E-state index in [1.54, 1.807) is 7.11 Å². The van der Waals surface area contributed by atoms with Crippen molar-refractivity contribution in [3.05, 3.63) is 23.8 Å². The van der Waals surface area contributed by atoms with Gasteiger partial charge in [0.05, 0.1) is 19.8 Å². The molecule has 0 radical (unpaired) electrons. The molecule has 0 aliphatic carbocycles. The minimum atomic E-state index is 0.276. The zero-order valence-electron chi connectivity index (χ0n) is 12.0. The van der Waals surface area contributed by atoms with Gasteiger partial charge >= 0.3 is 0 Å². The molecule has 0 spiro atoms. The summed E-state index contributed by atoms with van der Waals surface area (Å²) < 4.78 is 16.4. The van der Waals surface area contributed by atoms with Crippen molar-refractivity contribution in [1.29, 1.82) is 0 Å². The molecule has 1 aliphatic rings. The van der Waals surface area contributed by atoms with Crippen molar-refractivity contribution in [3.63, 3.8) is 0 Å². The highest BCUT2D eigenvalue weighted by molar-refractivity contribution is 7.80. The van der Waals surface area contributed by atoms with Crippen molar-refractivity contribution in [2.24, 2.45) is 0 Å². The molecule has 4 nitrogen and oxygen atoms in total. The Kier molecular flexibility index (Phi) is 5.61. The first kappa shape index (κ1) is 15.1. The van der Waals surface area contributed by atoms with Crippen molar-refractivity contribution in [1.82, 2.24) is 5.32 Å². The number of rotatable bonds is 6. The molecule has 1 atom stereocenters. The zero-order valence-corrected chi connectivity index (χ0v) is 12.8. The molecular formula is C15H21NO3S. The SMILES string of the molecule is CCOc1ccc(C(=S)NC[C@H]2CCCO2)cc1OC. The second-order valence-electron chi connectivity index (χ2n) is 4.64. The smallest absolute Gasteiger partial charge is 0.161 e. The molecule has 2 rings (SSSR count). The number of hydrogen-bond donors (Lipinski definition) is 1. The molecule has 0 unspecified atom stereocenters. The Morgan fingerprint density at radius 3 is 2.95 bits per heavy atom. The van der Waals surface area contributed by atoms with Crippen molar-refractivity contribution in [3.8, 4) is 11.5 Å². The van der Waals surface area contributed by atoms with Crippen molar-refractivity contribution >= 4 is 17.2 Å². The van der Waals surface area contributed by atoms with Gasteiger partial charge in [0.15, 0.2) is 11.5 Å². The van der Waals surface area contributed by atoms with Gasteiger partial charge < -0.3 is 19.5 Å². The van der Waals surface area contributed by atoms with Gasteiger partial charge in [0.2, 0.25) is 0 Å². The predicted molar refractivity (Wildman–Crippen MR) is 82.8 cm³/mol. The highest BCUT2D eigenvalue weighted by atomic mass is 32.1. The molecule has 1 saturated heterocycles. The topological polar surface area (TPSA) is 39.7 Å². The first-order valence-corrected chi connectivity index (χ1v) is 7.36. The zero-order chi connectivity index (χ0) is 14.4. The molecule has 0 saturated carbocycles. The number of methoxy groups -OCH3 is 1. The number of ether oxygens (including phenoxy) is 3. The summed E-state index contributed by atoms with van der Waals surface area (Å²) in [5.41, 5.74) is 0.929. The van der Waals surface area contributed by atoms with E-state index in [4.69, 9.17) is 26.4 Å². The maximum Gasteiger partial charge on any atom is 0.161 e. The van der Waals surface area contributed by atoms with E-state index in [-0.39, 0.29) is 6.10 Å². The second-order valence-corrected chi connectivity index (χ2v) is 5.05. The fourth-order valence-electron chi connectivity index (χ4n) is 2.20. The lowest BCUT2D eigenvalue weighted by Crippen LogP contribution is -2.31. The standard InChI is InChI=1S/C15H21NO3S/c1-3-18-13-7-6-11(9-14(13)17-2)15(20)16-10-12-5-4-8-19-12/h6-7,9,12H,3-5,8,10H2,1-2H3,(H,16,20)/t12-/m1/s1.